The van der Waals surface area contributed by atoms with E-state index in [0.717, 1.165) is 10.0 Å². The maximum Gasteiger partial charge on any atom is 0.120 e. The zero-order valence-corrected chi connectivity index (χ0v) is 10.4. The highest BCUT2D eigenvalue weighted by Crippen LogP contribution is 2.28. The van der Waals surface area contributed by atoms with E-state index in [1.54, 1.807) is 26.0 Å². The van der Waals surface area contributed by atoms with Crippen LogP contribution in [-0.4, -0.2) is 23.4 Å². The predicted molar refractivity (Wildman–Crippen MR) is 62.0 cm³/mol. The lowest BCUT2D eigenvalue weighted by Crippen LogP contribution is -2.15. The second-order valence-electron chi connectivity index (χ2n) is 3.81. The number of hydrogen-bond acceptors (Lipinski definition) is 3. The first-order chi connectivity index (χ1) is 6.93. The molecule has 0 fully saturated rings. The molecule has 4 heteroatoms. The van der Waals surface area contributed by atoms with E-state index in [0.29, 0.717) is 5.75 Å². The zero-order valence-electron chi connectivity index (χ0n) is 8.83. The summed E-state index contributed by atoms with van der Waals surface area (Å²) in [6, 6.07) is 5.40. The first-order valence-corrected chi connectivity index (χ1v) is 5.50. The van der Waals surface area contributed by atoms with Gasteiger partial charge in [0.2, 0.25) is 0 Å². The number of ether oxygens (including phenoxy) is 1. The normalized spacial score (nSPS) is 11.5. The van der Waals surface area contributed by atoms with Gasteiger partial charge in [-0.2, -0.15) is 0 Å². The van der Waals surface area contributed by atoms with Gasteiger partial charge in [-0.25, -0.2) is 0 Å². The predicted octanol–water partition coefficient (Wildman–Crippen LogP) is 2.05. The van der Waals surface area contributed by atoms with Gasteiger partial charge in [0.05, 0.1) is 12.2 Å². The van der Waals surface area contributed by atoms with Crippen LogP contribution >= 0.6 is 15.9 Å². The highest BCUT2D eigenvalue weighted by Gasteiger charge is 2.17. The van der Waals surface area contributed by atoms with Crippen molar-refractivity contribution in [3.63, 3.8) is 0 Å². The standard InChI is InChI=1S/C11H15BrO3/c1-11(2,14)8-5-9(12)7-10(6-8)15-4-3-13/h5-7,13-14H,3-4H2,1-2H3. The van der Waals surface area contributed by atoms with Crippen LogP contribution < -0.4 is 4.74 Å². The molecule has 0 bridgehead atoms. The third kappa shape index (κ3) is 3.81. The SMILES string of the molecule is CC(C)(O)c1cc(Br)cc(OCCO)c1. The fourth-order valence-electron chi connectivity index (χ4n) is 1.16. The van der Waals surface area contributed by atoms with Gasteiger partial charge in [0.15, 0.2) is 0 Å². The maximum absolute atomic E-state index is 9.84. The largest absolute Gasteiger partial charge is 0.491 e. The summed E-state index contributed by atoms with van der Waals surface area (Å²) in [6.07, 6.45) is 0. The zero-order chi connectivity index (χ0) is 11.5. The third-order valence-electron chi connectivity index (χ3n) is 1.94. The summed E-state index contributed by atoms with van der Waals surface area (Å²) < 4.78 is 6.12. The van der Waals surface area contributed by atoms with Gasteiger partial charge in [-0.05, 0) is 37.6 Å². The minimum absolute atomic E-state index is 0.0234. The van der Waals surface area contributed by atoms with Gasteiger partial charge in [-0.3, -0.25) is 0 Å². The quantitative estimate of drug-likeness (QED) is 0.884. The lowest BCUT2D eigenvalue weighted by Gasteiger charge is -2.19. The van der Waals surface area contributed by atoms with Crippen LogP contribution in [0.3, 0.4) is 0 Å². The van der Waals surface area contributed by atoms with Gasteiger partial charge in [0.1, 0.15) is 12.4 Å². The highest BCUT2D eigenvalue weighted by atomic mass is 79.9. The van der Waals surface area contributed by atoms with Crippen molar-refractivity contribution in [3.8, 4) is 5.75 Å². The summed E-state index contributed by atoms with van der Waals surface area (Å²) in [5.41, 5.74) is -0.133. The van der Waals surface area contributed by atoms with E-state index in [2.05, 4.69) is 15.9 Å². The fourth-order valence-corrected chi connectivity index (χ4v) is 1.64. The Morgan fingerprint density at radius 3 is 2.53 bits per heavy atom. The molecule has 84 valence electrons. The minimum atomic E-state index is -0.902. The molecule has 1 aromatic rings. The van der Waals surface area contributed by atoms with Crippen LogP contribution in [0.1, 0.15) is 19.4 Å². The van der Waals surface area contributed by atoms with Crippen LogP contribution in [0.4, 0.5) is 0 Å². The number of halogens is 1. The lowest BCUT2D eigenvalue weighted by atomic mass is 9.98. The molecule has 0 aromatic heterocycles. The molecule has 0 unspecified atom stereocenters. The smallest absolute Gasteiger partial charge is 0.120 e. The molecule has 0 saturated carbocycles. The monoisotopic (exact) mass is 274 g/mol. The molecule has 0 spiro atoms. The van der Waals surface area contributed by atoms with Crippen LogP contribution in [-0.2, 0) is 5.60 Å². The number of aliphatic hydroxyl groups excluding tert-OH is 1. The molecule has 1 aromatic carbocycles. The molecule has 3 nitrogen and oxygen atoms in total. The van der Waals surface area contributed by atoms with E-state index in [4.69, 9.17) is 9.84 Å². The van der Waals surface area contributed by atoms with E-state index >= 15 is 0 Å². The van der Waals surface area contributed by atoms with Crippen LogP contribution in [0.15, 0.2) is 22.7 Å². The topological polar surface area (TPSA) is 49.7 Å². The van der Waals surface area contributed by atoms with Crippen molar-refractivity contribution in [3.05, 3.63) is 28.2 Å². The van der Waals surface area contributed by atoms with Crippen LogP contribution in [0, 0.1) is 0 Å². The Morgan fingerprint density at radius 2 is 2.00 bits per heavy atom. The lowest BCUT2D eigenvalue weighted by molar-refractivity contribution is 0.0781. The summed E-state index contributed by atoms with van der Waals surface area (Å²) >= 11 is 3.34. The second kappa shape index (κ2) is 4.96. The van der Waals surface area contributed by atoms with E-state index in [9.17, 15) is 5.11 Å². The number of hydrogen-bond donors (Lipinski definition) is 2. The first kappa shape index (κ1) is 12.5. The van der Waals surface area contributed by atoms with Gasteiger partial charge in [0, 0.05) is 4.47 Å². The molecule has 0 aliphatic rings. The Morgan fingerprint density at radius 1 is 1.33 bits per heavy atom. The average Bonchev–Trinajstić information content (AvgIpc) is 2.12. The van der Waals surface area contributed by atoms with Gasteiger partial charge in [0.25, 0.3) is 0 Å². The molecular formula is C11H15BrO3. The molecular weight excluding hydrogens is 260 g/mol. The Labute approximate surface area is 97.8 Å². The van der Waals surface area contributed by atoms with Crippen molar-refractivity contribution >= 4 is 15.9 Å². The Bertz CT molecular complexity index is 331. The van der Waals surface area contributed by atoms with Crippen molar-refractivity contribution in [2.24, 2.45) is 0 Å². The molecule has 15 heavy (non-hydrogen) atoms. The molecule has 0 atom stereocenters. The molecule has 0 amide bonds. The maximum atomic E-state index is 9.84. The number of rotatable bonds is 4. The van der Waals surface area contributed by atoms with E-state index in [-0.39, 0.29) is 13.2 Å². The second-order valence-corrected chi connectivity index (χ2v) is 4.72. The molecule has 0 aliphatic carbocycles. The summed E-state index contributed by atoms with van der Waals surface area (Å²) in [7, 11) is 0. The van der Waals surface area contributed by atoms with E-state index in [1.807, 2.05) is 6.07 Å². The van der Waals surface area contributed by atoms with Gasteiger partial charge >= 0.3 is 0 Å². The van der Waals surface area contributed by atoms with E-state index < -0.39 is 5.60 Å². The minimum Gasteiger partial charge on any atom is -0.491 e. The Balaban J connectivity index is 2.95. The van der Waals surface area contributed by atoms with Crippen molar-refractivity contribution in [2.75, 3.05) is 13.2 Å². The summed E-state index contributed by atoms with van der Waals surface area (Å²) in [6.45, 7) is 3.65. The van der Waals surface area contributed by atoms with Crippen molar-refractivity contribution in [1.82, 2.24) is 0 Å². The van der Waals surface area contributed by atoms with Crippen LogP contribution in [0.2, 0.25) is 0 Å². The number of aliphatic hydroxyl groups is 2. The molecule has 0 aliphatic heterocycles. The molecule has 1 rings (SSSR count). The van der Waals surface area contributed by atoms with Gasteiger partial charge in [-0.15, -0.1) is 0 Å². The summed E-state index contributed by atoms with van der Waals surface area (Å²) in [5.74, 6) is 0.635. The van der Waals surface area contributed by atoms with Gasteiger partial charge < -0.3 is 14.9 Å². The van der Waals surface area contributed by atoms with E-state index in [1.165, 1.54) is 0 Å². The summed E-state index contributed by atoms with van der Waals surface area (Å²) in [5, 5.41) is 18.5. The van der Waals surface area contributed by atoms with Crippen LogP contribution in [0.25, 0.3) is 0 Å². The van der Waals surface area contributed by atoms with Crippen molar-refractivity contribution in [1.29, 1.82) is 0 Å². The Kier molecular flexibility index (Phi) is 4.13. The van der Waals surface area contributed by atoms with Crippen molar-refractivity contribution < 1.29 is 14.9 Å². The van der Waals surface area contributed by atoms with Crippen molar-refractivity contribution in [2.45, 2.75) is 19.4 Å². The molecule has 0 radical (unpaired) electrons. The molecule has 0 saturated heterocycles. The number of benzene rings is 1. The Hall–Kier alpha value is -0.580. The average molecular weight is 275 g/mol. The fraction of sp³-hybridized carbons (Fsp3) is 0.455. The summed E-state index contributed by atoms with van der Waals surface area (Å²) in [4.78, 5) is 0. The van der Waals surface area contributed by atoms with Crippen LogP contribution in [0.5, 0.6) is 5.75 Å². The van der Waals surface area contributed by atoms with Gasteiger partial charge in [-0.1, -0.05) is 15.9 Å². The highest BCUT2D eigenvalue weighted by molar-refractivity contribution is 9.10. The molecule has 2 N–H and O–H groups in total. The molecule has 0 heterocycles. The first-order valence-electron chi connectivity index (χ1n) is 4.70. The third-order valence-corrected chi connectivity index (χ3v) is 2.40.